The molecule has 1 saturated heterocycles. The van der Waals surface area contributed by atoms with Crippen molar-refractivity contribution in [1.29, 1.82) is 0 Å². The Hall–Kier alpha value is -4.35. The maximum atomic E-state index is 13.8. The molecule has 19 heteroatoms. The van der Waals surface area contributed by atoms with Gasteiger partial charge in [0.2, 0.25) is 5.91 Å². The number of phenolic OH excluding ortho intramolecular Hbond substituents is 1. The molecule has 2 N–H and O–H groups in total. The summed E-state index contributed by atoms with van der Waals surface area (Å²) in [4.78, 5) is 32.3. The predicted octanol–water partition coefficient (Wildman–Crippen LogP) is 6.11. The Morgan fingerprint density at radius 1 is 1.06 bits per heavy atom. The molecule has 47 heavy (non-hydrogen) atoms. The zero-order valence-corrected chi connectivity index (χ0v) is 24.9. The Morgan fingerprint density at radius 2 is 1.77 bits per heavy atom. The first kappa shape index (κ1) is 32.6. The number of carbonyl (C=O) groups excluding carboxylic acids is 1. The number of aryl methyl sites for hydroxylation is 1. The quantitative estimate of drug-likeness (QED) is 0.233. The molecule has 4 aromatic rings. The normalized spacial score (nSPS) is 19.4. The highest BCUT2D eigenvalue weighted by Gasteiger charge is 2.57. The predicted molar refractivity (Wildman–Crippen MR) is 150 cm³/mol. The molecule has 250 valence electrons. The van der Waals surface area contributed by atoms with E-state index in [4.69, 9.17) is 11.6 Å². The molecule has 1 fully saturated rings. The molecule has 0 bridgehead atoms. The molecule has 1 amide bonds. The van der Waals surface area contributed by atoms with E-state index >= 15 is 0 Å². The number of fused-ring (bicyclic) bond motifs is 2. The molecule has 0 spiro atoms. The van der Waals surface area contributed by atoms with Crippen molar-refractivity contribution in [3.8, 4) is 17.3 Å². The molecular formula is C28H23ClF8N8O2. The number of hydrogen-bond donors (Lipinski definition) is 2. The minimum absolute atomic E-state index is 0.00963. The highest BCUT2D eigenvalue weighted by Crippen LogP contribution is 2.49. The molecule has 0 aliphatic carbocycles. The Kier molecular flexibility index (Phi) is 7.71. The third-order valence-electron chi connectivity index (χ3n) is 8.51. The smallest absolute Gasteiger partial charge is 0.453 e. The fraction of sp³-hybridized carbons (Fsp3) is 0.429. The number of nitrogens with one attached hydrogen (secondary N) is 1. The number of amides is 1. The van der Waals surface area contributed by atoms with Crippen LogP contribution >= 0.6 is 11.6 Å². The summed E-state index contributed by atoms with van der Waals surface area (Å²) in [6, 6.07) is 4.13. The van der Waals surface area contributed by atoms with E-state index in [1.54, 1.807) is 4.90 Å². The second kappa shape index (κ2) is 11.1. The largest absolute Gasteiger partial charge is 0.506 e. The van der Waals surface area contributed by atoms with E-state index in [1.807, 2.05) is 0 Å². The zero-order valence-electron chi connectivity index (χ0n) is 24.1. The van der Waals surface area contributed by atoms with Gasteiger partial charge < -0.3 is 15.3 Å². The van der Waals surface area contributed by atoms with Crippen LogP contribution < -0.4 is 10.2 Å². The van der Waals surface area contributed by atoms with Gasteiger partial charge in [-0.05, 0) is 43.9 Å². The van der Waals surface area contributed by atoms with E-state index in [0.29, 0.717) is 0 Å². The highest BCUT2D eigenvalue weighted by atomic mass is 35.5. The maximum absolute atomic E-state index is 13.8. The minimum Gasteiger partial charge on any atom is -0.506 e. The molecular weight excluding hydrogens is 668 g/mol. The van der Waals surface area contributed by atoms with E-state index in [0.717, 1.165) is 10.8 Å². The van der Waals surface area contributed by atoms with Crippen molar-refractivity contribution >= 4 is 34.8 Å². The number of rotatable bonds is 6. The summed E-state index contributed by atoms with van der Waals surface area (Å²) in [5, 5.41) is 16.9. The first-order chi connectivity index (χ1) is 21.9. The van der Waals surface area contributed by atoms with Crippen LogP contribution in [0.15, 0.2) is 30.7 Å². The number of halogens is 9. The van der Waals surface area contributed by atoms with Crippen LogP contribution in [0.5, 0.6) is 5.75 Å². The van der Waals surface area contributed by atoms with Crippen LogP contribution in [0.4, 0.5) is 46.8 Å². The van der Waals surface area contributed by atoms with Crippen molar-refractivity contribution in [3.05, 3.63) is 52.6 Å². The summed E-state index contributed by atoms with van der Waals surface area (Å²) in [5.41, 5.74) is -1.62. The SMILES string of the molecule is C[C@@]1(c2ccc(Cl)c(O)c2)C(=O)Nc2nc(-c3cn4ncnc4c(CCC(F)(F)C(F)(F)F)n3)nc(N3CCC(C(F)(F)F)CC3)c21. The summed E-state index contributed by atoms with van der Waals surface area (Å²) in [5.74, 6) is -7.73. The van der Waals surface area contributed by atoms with Crippen molar-refractivity contribution in [3.63, 3.8) is 0 Å². The average molecular weight is 691 g/mol. The Morgan fingerprint density at radius 3 is 2.40 bits per heavy atom. The van der Waals surface area contributed by atoms with Crippen LogP contribution in [0, 0.1) is 5.92 Å². The summed E-state index contributed by atoms with van der Waals surface area (Å²) < 4.78 is 108. The summed E-state index contributed by atoms with van der Waals surface area (Å²) in [6.07, 6.45) is -11.0. The van der Waals surface area contributed by atoms with Gasteiger partial charge in [-0.3, -0.25) is 4.79 Å². The molecule has 2 aliphatic heterocycles. The molecule has 0 unspecified atom stereocenters. The lowest BCUT2D eigenvalue weighted by atomic mass is 9.77. The number of nitrogens with zero attached hydrogens (tertiary/aromatic N) is 7. The number of aromatic hydroxyl groups is 1. The van der Waals surface area contributed by atoms with E-state index in [-0.39, 0.29) is 82.3 Å². The van der Waals surface area contributed by atoms with Crippen molar-refractivity contribution in [1.82, 2.24) is 29.5 Å². The van der Waals surface area contributed by atoms with Crippen LogP contribution in [-0.4, -0.2) is 71.9 Å². The number of piperidine rings is 1. The molecule has 0 radical (unpaired) electrons. The minimum atomic E-state index is -5.79. The third kappa shape index (κ3) is 5.65. The van der Waals surface area contributed by atoms with Crippen molar-refractivity contribution < 1.29 is 45.0 Å². The maximum Gasteiger partial charge on any atom is 0.453 e. The second-order valence-electron chi connectivity index (χ2n) is 11.4. The highest BCUT2D eigenvalue weighted by molar-refractivity contribution is 6.32. The van der Waals surface area contributed by atoms with Gasteiger partial charge in [-0.15, -0.1) is 0 Å². The van der Waals surface area contributed by atoms with Crippen molar-refractivity contribution in [2.45, 2.75) is 56.3 Å². The summed E-state index contributed by atoms with van der Waals surface area (Å²) >= 11 is 5.99. The Labute approximate surface area is 264 Å². The van der Waals surface area contributed by atoms with E-state index in [1.165, 1.54) is 31.3 Å². The number of anilines is 2. The molecule has 1 atom stereocenters. The van der Waals surface area contributed by atoms with Gasteiger partial charge in [-0.25, -0.2) is 24.5 Å². The van der Waals surface area contributed by atoms with E-state index in [9.17, 15) is 45.0 Å². The number of carbonyl (C=O) groups is 1. The van der Waals surface area contributed by atoms with Gasteiger partial charge in [0, 0.05) is 19.5 Å². The van der Waals surface area contributed by atoms with Crippen LogP contribution in [-0.2, 0) is 16.6 Å². The van der Waals surface area contributed by atoms with Gasteiger partial charge >= 0.3 is 18.3 Å². The first-order valence-corrected chi connectivity index (χ1v) is 14.5. The van der Waals surface area contributed by atoms with E-state index < -0.39 is 48.4 Å². The lowest BCUT2D eigenvalue weighted by Crippen LogP contribution is -2.41. The molecule has 3 aromatic heterocycles. The standard InChI is InChI=1S/C28H23ClF8N8O2/c1-25(14-2-3-15(29)18(46)10-14)19-21(43-24(25)47)41-20(42-23(19)44-8-5-13(6-9-44)27(32,33)34)17-11-45-22(38-12-39-45)16(40-17)4-7-26(30,31)28(35,36)37/h2-3,10-13,46H,4-9H2,1H3,(H,41,42,43,47)/t25-/m0/s1. The van der Waals surface area contributed by atoms with Gasteiger partial charge in [0.1, 0.15) is 34.8 Å². The third-order valence-corrected chi connectivity index (χ3v) is 8.83. The second-order valence-corrected chi connectivity index (χ2v) is 11.9. The monoisotopic (exact) mass is 690 g/mol. The summed E-state index contributed by atoms with van der Waals surface area (Å²) in [7, 11) is 0. The molecule has 0 saturated carbocycles. The lowest BCUT2D eigenvalue weighted by molar-refractivity contribution is -0.284. The van der Waals surface area contributed by atoms with Gasteiger partial charge in [0.15, 0.2) is 11.5 Å². The Balaban J connectivity index is 1.48. The van der Waals surface area contributed by atoms with Gasteiger partial charge in [0.05, 0.1) is 28.4 Å². The van der Waals surface area contributed by atoms with Gasteiger partial charge in [-0.1, -0.05) is 17.7 Å². The van der Waals surface area contributed by atoms with Crippen LogP contribution in [0.25, 0.3) is 17.2 Å². The van der Waals surface area contributed by atoms with Crippen molar-refractivity contribution in [2.75, 3.05) is 23.3 Å². The van der Waals surface area contributed by atoms with Crippen LogP contribution in [0.2, 0.25) is 5.02 Å². The fourth-order valence-electron chi connectivity index (χ4n) is 5.79. The molecule has 6 rings (SSSR count). The van der Waals surface area contributed by atoms with Crippen molar-refractivity contribution in [2.24, 2.45) is 5.92 Å². The van der Waals surface area contributed by atoms with Crippen LogP contribution in [0.1, 0.15) is 43.0 Å². The molecule has 5 heterocycles. The number of aromatic nitrogens is 6. The van der Waals surface area contributed by atoms with Crippen LogP contribution in [0.3, 0.4) is 0 Å². The fourth-order valence-corrected chi connectivity index (χ4v) is 5.91. The van der Waals surface area contributed by atoms with Gasteiger partial charge in [0.25, 0.3) is 0 Å². The average Bonchev–Trinajstić information content (AvgIpc) is 3.58. The number of alkyl halides is 8. The lowest BCUT2D eigenvalue weighted by Gasteiger charge is -2.36. The molecule has 1 aromatic carbocycles. The van der Waals surface area contributed by atoms with E-state index in [2.05, 4.69) is 30.4 Å². The number of benzene rings is 1. The first-order valence-electron chi connectivity index (χ1n) is 14.1. The van der Waals surface area contributed by atoms with Gasteiger partial charge in [-0.2, -0.15) is 40.2 Å². The summed E-state index contributed by atoms with van der Waals surface area (Å²) in [6.45, 7) is 1.29. The molecule has 2 aliphatic rings. The molecule has 10 nitrogen and oxygen atoms in total. The topological polar surface area (TPSA) is 121 Å². The number of hydrogen-bond acceptors (Lipinski definition) is 8. The number of phenols is 1. The zero-order chi connectivity index (χ0) is 34.1. The Bertz CT molecular complexity index is 1870.